The number of terminal acetylenes is 1. The molecule has 0 aliphatic heterocycles. The minimum Gasteiger partial charge on any atom is -0.264 e. The van der Waals surface area contributed by atoms with Crippen LogP contribution in [0.15, 0.2) is 24.8 Å². The standard InChI is InChI=1S/C11H8N2/c1-3-9-5-13-7-10-6-12-4-8(2)11(9)10/h1,4-7H,2H3. The molecule has 0 bridgehead atoms. The highest BCUT2D eigenvalue weighted by Crippen LogP contribution is 2.18. The molecule has 13 heavy (non-hydrogen) atoms. The van der Waals surface area contributed by atoms with E-state index in [4.69, 9.17) is 6.42 Å². The van der Waals surface area contributed by atoms with E-state index in [1.807, 2.05) is 13.1 Å². The molecule has 2 heteroatoms. The van der Waals surface area contributed by atoms with Crippen LogP contribution < -0.4 is 0 Å². The van der Waals surface area contributed by atoms with Crippen LogP contribution in [0.25, 0.3) is 10.8 Å². The van der Waals surface area contributed by atoms with Gasteiger partial charge in [-0.25, -0.2) is 0 Å². The van der Waals surface area contributed by atoms with Gasteiger partial charge in [0.15, 0.2) is 0 Å². The molecule has 0 N–H and O–H groups in total. The molecule has 0 spiro atoms. The van der Waals surface area contributed by atoms with Crippen LogP contribution >= 0.6 is 0 Å². The number of pyridine rings is 2. The fourth-order valence-corrected chi connectivity index (χ4v) is 1.42. The summed E-state index contributed by atoms with van der Waals surface area (Å²) >= 11 is 0. The highest BCUT2D eigenvalue weighted by atomic mass is 14.7. The first-order valence-corrected chi connectivity index (χ1v) is 3.98. The lowest BCUT2D eigenvalue weighted by atomic mass is 10.1. The van der Waals surface area contributed by atoms with Gasteiger partial charge in [-0.3, -0.25) is 9.97 Å². The molecular formula is C11H8N2. The molecule has 0 saturated heterocycles. The van der Waals surface area contributed by atoms with Gasteiger partial charge >= 0.3 is 0 Å². The first kappa shape index (κ1) is 7.75. The number of aryl methyl sites for hydroxylation is 1. The van der Waals surface area contributed by atoms with Gasteiger partial charge in [0.05, 0.1) is 5.56 Å². The van der Waals surface area contributed by atoms with E-state index in [2.05, 4.69) is 15.9 Å². The van der Waals surface area contributed by atoms with Crippen molar-refractivity contribution < 1.29 is 0 Å². The predicted molar refractivity (Wildman–Crippen MR) is 52.2 cm³/mol. The zero-order chi connectivity index (χ0) is 9.26. The number of aromatic nitrogens is 2. The second-order valence-corrected chi connectivity index (χ2v) is 2.89. The van der Waals surface area contributed by atoms with Gasteiger partial charge < -0.3 is 0 Å². The molecule has 0 radical (unpaired) electrons. The van der Waals surface area contributed by atoms with Crippen molar-refractivity contribution in [1.82, 2.24) is 9.97 Å². The molecule has 0 aliphatic rings. The predicted octanol–water partition coefficient (Wildman–Crippen LogP) is 1.92. The normalized spacial score (nSPS) is 9.85. The van der Waals surface area contributed by atoms with Crippen molar-refractivity contribution in [3.8, 4) is 12.3 Å². The first-order valence-electron chi connectivity index (χ1n) is 3.98. The van der Waals surface area contributed by atoms with Crippen LogP contribution in [0.2, 0.25) is 0 Å². The van der Waals surface area contributed by atoms with Crippen molar-refractivity contribution in [1.29, 1.82) is 0 Å². The third-order valence-electron chi connectivity index (χ3n) is 2.01. The zero-order valence-electron chi connectivity index (χ0n) is 7.28. The molecule has 2 nitrogen and oxygen atoms in total. The third-order valence-corrected chi connectivity index (χ3v) is 2.01. The molecule has 2 aromatic rings. The van der Waals surface area contributed by atoms with E-state index in [1.54, 1.807) is 18.6 Å². The maximum Gasteiger partial charge on any atom is 0.0508 e. The summed E-state index contributed by atoms with van der Waals surface area (Å²) in [6.45, 7) is 2.00. The van der Waals surface area contributed by atoms with Crippen LogP contribution in [0.1, 0.15) is 11.1 Å². The highest BCUT2D eigenvalue weighted by Gasteiger charge is 2.01. The van der Waals surface area contributed by atoms with E-state index >= 15 is 0 Å². The minimum atomic E-state index is 0.831. The minimum absolute atomic E-state index is 0.831. The fourth-order valence-electron chi connectivity index (χ4n) is 1.42. The molecule has 0 aromatic carbocycles. The fraction of sp³-hybridized carbons (Fsp3) is 0.0909. The Morgan fingerprint density at radius 1 is 1.15 bits per heavy atom. The van der Waals surface area contributed by atoms with Crippen LogP contribution in [0.5, 0.6) is 0 Å². The lowest BCUT2D eigenvalue weighted by molar-refractivity contribution is 1.27. The van der Waals surface area contributed by atoms with Gasteiger partial charge in [-0.2, -0.15) is 0 Å². The van der Waals surface area contributed by atoms with Gasteiger partial charge in [-0.1, -0.05) is 5.92 Å². The summed E-state index contributed by atoms with van der Waals surface area (Å²) in [6.07, 6.45) is 12.4. The van der Waals surface area contributed by atoms with Crippen LogP contribution in [-0.4, -0.2) is 9.97 Å². The average molecular weight is 168 g/mol. The van der Waals surface area contributed by atoms with Crippen molar-refractivity contribution >= 4 is 10.8 Å². The number of hydrogen-bond acceptors (Lipinski definition) is 2. The number of rotatable bonds is 0. The van der Waals surface area contributed by atoms with Crippen molar-refractivity contribution in [3.63, 3.8) is 0 Å². The summed E-state index contributed by atoms with van der Waals surface area (Å²) in [7, 11) is 0. The van der Waals surface area contributed by atoms with Crippen LogP contribution in [0.4, 0.5) is 0 Å². The van der Waals surface area contributed by atoms with Crippen molar-refractivity contribution in [3.05, 3.63) is 35.9 Å². The Kier molecular flexibility index (Phi) is 1.71. The zero-order valence-corrected chi connectivity index (χ0v) is 7.28. The highest BCUT2D eigenvalue weighted by molar-refractivity contribution is 5.89. The molecule has 0 amide bonds. The Balaban J connectivity index is 2.97. The van der Waals surface area contributed by atoms with Crippen LogP contribution in [0.3, 0.4) is 0 Å². The number of fused-ring (bicyclic) bond motifs is 1. The van der Waals surface area contributed by atoms with E-state index in [-0.39, 0.29) is 0 Å². The Bertz CT molecular complexity index is 490. The second-order valence-electron chi connectivity index (χ2n) is 2.89. The molecule has 0 unspecified atom stereocenters. The Morgan fingerprint density at radius 2 is 1.85 bits per heavy atom. The summed E-state index contributed by atoms with van der Waals surface area (Å²) in [5, 5.41) is 2.07. The largest absolute Gasteiger partial charge is 0.264 e. The molecule has 0 fully saturated rings. The molecule has 2 aromatic heterocycles. The maximum atomic E-state index is 5.37. The molecule has 0 aliphatic carbocycles. The Hall–Kier alpha value is -1.88. The number of nitrogens with zero attached hydrogens (tertiary/aromatic N) is 2. The third kappa shape index (κ3) is 1.15. The van der Waals surface area contributed by atoms with Gasteiger partial charge in [0, 0.05) is 35.6 Å². The summed E-state index contributed by atoms with van der Waals surface area (Å²) in [5.41, 5.74) is 1.92. The Labute approximate surface area is 76.6 Å². The molecule has 62 valence electrons. The molecular weight excluding hydrogens is 160 g/mol. The first-order chi connectivity index (χ1) is 6.33. The van der Waals surface area contributed by atoms with E-state index < -0.39 is 0 Å². The van der Waals surface area contributed by atoms with Crippen molar-refractivity contribution in [2.45, 2.75) is 6.92 Å². The summed E-state index contributed by atoms with van der Waals surface area (Å²) < 4.78 is 0. The summed E-state index contributed by atoms with van der Waals surface area (Å²) in [6, 6.07) is 0. The van der Waals surface area contributed by atoms with E-state index in [0.717, 1.165) is 21.9 Å². The summed E-state index contributed by atoms with van der Waals surface area (Å²) in [4.78, 5) is 8.12. The van der Waals surface area contributed by atoms with E-state index in [9.17, 15) is 0 Å². The monoisotopic (exact) mass is 168 g/mol. The molecule has 0 atom stereocenters. The number of hydrogen-bond donors (Lipinski definition) is 0. The lowest BCUT2D eigenvalue weighted by Crippen LogP contribution is -1.87. The van der Waals surface area contributed by atoms with Crippen molar-refractivity contribution in [2.24, 2.45) is 0 Å². The van der Waals surface area contributed by atoms with Gasteiger partial charge in [-0.15, -0.1) is 6.42 Å². The van der Waals surface area contributed by atoms with Gasteiger partial charge in [0.2, 0.25) is 0 Å². The average Bonchev–Trinajstić information content (AvgIpc) is 2.17. The lowest BCUT2D eigenvalue weighted by Gasteiger charge is -2.02. The maximum absolute atomic E-state index is 5.37. The summed E-state index contributed by atoms with van der Waals surface area (Å²) in [5.74, 6) is 2.62. The second kappa shape index (κ2) is 2.87. The van der Waals surface area contributed by atoms with Crippen LogP contribution in [0, 0.1) is 19.3 Å². The smallest absolute Gasteiger partial charge is 0.0508 e. The van der Waals surface area contributed by atoms with Gasteiger partial charge in [-0.05, 0) is 12.5 Å². The van der Waals surface area contributed by atoms with Crippen LogP contribution in [-0.2, 0) is 0 Å². The quantitative estimate of drug-likeness (QED) is 0.561. The molecule has 2 heterocycles. The molecule has 2 rings (SSSR count). The van der Waals surface area contributed by atoms with Gasteiger partial charge in [0.1, 0.15) is 0 Å². The van der Waals surface area contributed by atoms with E-state index in [1.165, 1.54) is 0 Å². The molecule has 0 saturated carbocycles. The van der Waals surface area contributed by atoms with E-state index in [0.29, 0.717) is 0 Å². The Morgan fingerprint density at radius 3 is 2.54 bits per heavy atom. The van der Waals surface area contributed by atoms with Gasteiger partial charge in [0.25, 0.3) is 0 Å². The SMILES string of the molecule is C#Cc1cncc2cncc(C)c12. The van der Waals surface area contributed by atoms with Crippen molar-refractivity contribution in [2.75, 3.05) is 0 Å². The topological polar surface area (TPSA) is 25.8 Å².